The number of benzene rings is 2. The molecule has 0 aliphatic rings. The second kappa shape index (κ2) is 8.75. The first kappa shape index (κ1) is 21.0. The molecule has 3 aromatic rings. The van der Waals surface area contributed by atoms with Crippen molar-refractivity contribution in [1.82, 2.24) is 9.66 Å². The Morgan fingerprint density at radius 2 is 2.17 bits per heavy atom. The molecule has 1 heterocycles. The van der Waals surface area contributed by atoms with Crippen LogP contribution in [0.25, 0.3) is 10.9 Å². The molecule has 0 saturated carbocycles. The van der Waals surface area contributed by atoms with Crippen molar-refractivity contribution in [3.63, 3.8) is 0 Å². The van der Waals surface area contributed by atoms with Crippen LogP contribution in [0.4, 0.5) is 5.69 Å². The molecular formula is C20H15BrN4O5. The van der Waals surface area contributed by atoms with Crippen LogP contribution >= 0.6 is 15.9 Å². The number of nitro benzene ring substituents is 1. The molecule has 0 spiro atoms. The zero-order valence-corrected chi connectivity index (χ0v) is 17.5. The predicted molar refractivity (Wildman–Crippen MR) is 115 cm³/mol. The van der Waals surface area contributed by atoms with Crippen molar-refractivity contribution in [2.75, 3.05) is 13.7 Å². The molecule has 10 heteroatoms. The van der Waals surface area contributed by atoms with Gasteiger partial charge in [0.15, 0.2) is 5.75 Å². The van der Waals surface area contributed by atoms with Crippen LogP contribution in [0.5, 0.6) is 11.5 Å². The van der Waals surface area contributed by atoms with Crippen molar-refractivity contribution >= 4 is 38.7 Å². The average molecular weight is 471 g/mol. The molecule has 152 valence electrons. The van der Waals surface area contributed by atoms with Crippen molar-refractivity contribution in [2.45, 2.75) is 6.92 Å². The number of rotatable bonds is 6. The van der Waals surface area contributed by atoms with E-state index in [2.05, 4.69) is 31.9 Å². The molecule has 0 bridgehead atoms. The van der Waals surface area contributed by atoms with E-state index < -0.39 is 4.92 Å². The monoisotopic (exact) mass is 470 g/mol. The number of aryl methyl sites for hydroxylation is 1. The Balaban J connectivity index is 2.10. The van der Waals surface area contributed by atoms with E-state index in [1.54, 1.807) is 25.1 Å². The maximum atomic E-state index is 12.8. The summed E-state index contributed by atoms with van der Waals surface area (Å²) >= 11 is 3.33. The summed E-state index contributed by atoms with van der Waals surface area (Å²) in [5.41, 5.74) is 0.160. The Kier molecular flexibility index (Phi) is 6.13. The third kappa shape index (κ3) is 4.16. The number of halogens is 1. The van der Waals surface area contributed by atoms with Crippen molar-refractivity contribution < 1.29 is 14.4 Å². The molecule has 3 rings (SSSR count). The molecule has 0 unspecified atom stereocenters. The fourth-order valence-electron chi connectivity index (χ4n) is 2.75. The first-order chi connectivity index (χ1) is 14.3. The van der Waals surface area contributed by atoms with Gasteiger partial charge in [-0.15, -0.1) is 6.42 Å². The lowest BCUT2D eigenvalue weighted by Crippen LogP contribution is -2.20. The molecule has 0 fully saturated rings. The number of terminal acetylenes is 1. The van der Waals surface area contributed by atoms with Crippen molar-refractivity contribution in [1.29, 1.82) is 0 Å². The Morgan fingerprint density at radius 3 is 2.83 bits per heavy atom. The van der Waals surface area contributed by atoms with Crippen LogP contribution in [-0.4, -0.2) is 34.5 Å². The minimum atomic E-state index is -0.613. The standard InChI is InChI=1S/C20H15BrN4O5/c1-4-7-30-19-17(25(27)28)8-13(9-18(19)29-3)11-22-24-12(2)23-16-6-5-14(21)10-15(16)20(24)26/h1,5-6,8-11H,7H2,2-3H3. The van der Waals surface area contributed by atoms with Gasteiger partial charge >= 0.3 is 5.69 Å². The third-order valence-electron chi connectivity index (χ3n) is 4.07. The molecular weight excluding hydrogens is 456 g/mol. The van der Waals surface area contributed by atoms with Crippen molar-refractivity contribution in [3.8, 4) is 23.8 Å². The summed E-state index contributed by atoms with van der Waals surface area (Å²) in [7, 11) is 1.35. The maximum Gasteiger partial charge on any atom is 0.315 e. The lowest BCUT2D eigenvalue weighted by molar-refractivity contribution is -0.385. The van der Waals surface area contributed by atoms with E-state index in [4.69, 9.17) is 15.9 Å². The summed E-state index contributed by atoms with van der Waals surface area (Å²) in [5, 5.41) is 16.0. The summed E-state index contributed by atoms with van der Waals surface area (Å²) in [6.07, 6.45) is 6.47. The minimum absolute atomic E-state index is 0.0804. The fourth-order valence-corrected chi connectivity index (χ4v) is 3.11. The predicted octanol–water partition coefficient (Wildman–Crippen LogP) is 3.28. The highest BCUT2D eigenvalue weighted by molar-refractivity contribution is 9.10. The zero-order chi connectivity index (χ0) is 21.8. The average Bonchev–Trinajstić information content (AvgIpc) is 2.72. The quantitative estimate of drug-likeness (QED) is 0.236. The molecule has 0 saturated heterocycles. The van der Waals surface area contributed by atoms with E-state index >= 15 is 0 Å². The van der Waals surface area contributed by atoms with Gasteiger partial charge in [0, 0.05) is 16.1 Å². The number of nitrogens with zero attached hydrogens (tertiary/aromatic N) is 4. The number of hydrogen-bond donors (Lipinski definition) is 0. The van der Waals surface area contributed by atoms with Crippen LogP contribution in [-0.2, 0) is 0 Å². The summed E-state index contributed by atoms with van der Waals surface area (Å²) in [5.74, 6) is 2.65. The van der Waals surface area contributed by atoms with Crippen LogP contribution in [0.1, 0.15) is 11.4 Å². The van der Waals surface area contributed by atoms with Gasteiger partial charge in [-0.3, -0.25) is 14.9 Å². The van der Waals surface area contributed by atoms with Gasteiger partial charge in [0.1, 0.15) is 12.4 Å². The van der Waals surface area contributed by atoms with Crippen LogP contribution in [0.3, 0.4) is 0 Å². The zero-order valence-electron chi connectivity index (χ0n) is 16.0. The highest BCUT2D eigenvalue weighted by atomic mass is 79.9. The topological polar surface area (TPSA) is 109 Å². The van der Waals surface area contributed by atoms with Gasteiger partial charge in [0.2, 0.25) is 5.75 Å². The summed E-state index contributed by atoms with van der Waals surface area (Å²) in [6.45, 7) is 1.48. The fraction of sp³-hybridized carbons (Fsp3) is 0.150. The normalized spacial score (nSPS) is 10.9. The number of fused-ring (bicyclic) bond motifs is 1. The molecule has 2 aromatic carbocycles. The first-order valence-electron chi connectivity index (χ1n) is 8.51. The van der Waals surface area contributed by atoms with E-state index in [0.717, 1.165) is 9.15 Å². The van der Waals surface area contributed by atoms with Crippen LogP contribution < -0.4 is 15.0 Å². The molecule has 0 amide bonds. The lowest BCUT2D eigenvalue weighted by Gasteiger charge is -2.10. The Hall–Kier alpha value is -3.71. The SMILES string of the molecule is C#CCOc1c(OC)cc(C=Nn2c(C)nc3ccc(Br)cc3c2=O)cc1[N+](=O)[O-]. The van der Waals surface area contributed by atoms with E-state index in [1.807, 2.05) is 0 Å². The summed E-state index contributed by atoms with van der Waals surface area (Å²) in [4.78, 5) is 28.0. The lowest BCUT2D eigenvalue weighted by atomic mass is 10.2. The Morgan fingerprint density at radius 1 is 1.40 bits per heavy atom. The number of aromatic nitrogens is 2. The molecule has 0 aliphatic heterocycles. The third-order valence-corrected chi connectivity index (χ3v) is 4.56. The van der Waals surface area contributed by atoms with Gasteiger partial charge in [-0.1, -0.05) is 21.9 Å². The highest BCUT2D eigenvalue weighted by Gasteiger charge is 2.22. The van der Waals surface area contributed by atoms with Gasteiger partial charge in [0.25, 0.3) is 5.56 Å². The first-order valence-corrected chi connectivity index (χ1v) is 9.31. The second-order valence-electron chi connectivity index (χ2n) is 6.00. The van der Waals surface area contributed by atoms with E-state index in [0.29, 0.717) is 22.3 Å². The minimum Gasteiger partial charge on any atom is -0.493 e. The molecule has 0 atom stereocenters. The van der Waals surface area contributed by atoms with Gasteiger partial charge in [0.05, 0.1) is 29.2 Å². The number of nitro groups is 1. The summed E-state index contributed by atoms with van der Waals surface area (Å²) < 4.78 is 12.3. The largest absolute Gasteiger partial charge is 0.493 e. The van der Waals surface area contributed by atoms with E-state index in [9.17, 15) is 14.9 Å². The maximum absolute atomic E-state index is 12.8. The number of ether oxygens (including phenoxy) is 2. The Labute approximate surface area is 179 Å². The Bertz CT molecular complexity index is 1280. The van der Waals surface area contributed by atoms with Crippen LogP contribution in [0.2, 0.25) is 0 Å². The van der Waals surface area contributed by atoms with Gasteiger partial charge in [-0.05, 0) is 31.2 Å². The van der Waals surface area contributed by atoms with Crippen molar-refractivity contribution in [2.24, 2.45) is 5.10 Å². The molecule has 1 aromatic heterocycles. The van der Waals surface area contributed by atoms with Crippen molar-refractivity contribution in [3.05, 3.63) is 66.7 Å². The number of methoxy groups -OCH3 is 1. The molecule has 30 heavy (non-hydrogen) atoms. The van der Waals surface area contributed by atoms with E-state index in [-0.39, 0.29) is 29.4 Å². The molecule has 9 nitrogen and oxygen atoms in total. The summed E-state index contributed by atoms with van der Waals surface area (Å²) in [6, 6.07) is 7.92. The molecule has 0 N–H and O–H groups in total. The molecule has 0 aliphatic carbocycles. The van der Waals surface area contributed by atoms with Crippen LogP contribution in [0, 0.1) is 29.4 Å². The van der Waals surface area contributed by atoms with E-state index in [1.165, 1.54) is 25.5 Å². The van der Waals surface area contributed by atoms with Gasteiger partial charge < -0.3 is 9.47 Å². The smallest absolute Gasteiger partial charge is 0.315 e. The number of hydrogen-bond acceptors (Lipinski definition) is 7. The van der Waals surface area contributed by atoms with Gasteiger partial charge in [-0.2, -0.15) is 9.78 Å². The van der Waals surface area contributed by atoms with Gasteiger partial charge in [-0.25, -0.2) is 4.98 Å². The molecule has 0 radical (unpaired) electrons. The highest BCUT2D eigenvalue weighted by Crippen LogP contribution is 2.37. The second-order valence-corrected chi connectivity index (χ2v) is 6.92. The van der Waals surface area contributed by atoms with Crippen LogP contribution in [0.15, 0.2) is 44.7 Å².